The Labute approximate surface area is 121 Å². The van der Waals surface area contributed by atoms with Gasteiger partial charge in [0.1, 0.15) is 0 Å². The van der Waals surface area contributed by atoms with E-state index in [1.54, 1.807) is 0 Å². The molecule has 0 saturated heterocycles. The molecule has 0 atom stereocenters. The summed E-state index contributed by atoms with van der Waals surface area (Å²) in [6.07, 6.45) is 0. The lowest BCUT2D eigenvalue weighted by atomic mass is 10.4. The highest BCUT2D eigenvalue weighted by molar-refractivity contribution is 6.75. The van der Waals surface area contributed by atoms with Crippen LogP contribution in [0.4, 0.5) is 0 Å². The lowest BCUT2D eigenvalue weighted by Gasteiger charge is -2.28. The van der Waals surface area contributed by atoms with Gasteiger partial charge in [0, 0.05) is 34.5 Å². The average Bonchev–Trinajstić information content (AvgIpc) is 2.41. The van der Waals surface area contributed by atoms with Gasteiger partial charge in [-0.15, -0.1) is 0 Å². The second-order valence-electron chi connectivity index (χ2n) is 3.93. The van der Waals surface area contributed by atoms with Crippen LogP contribution in [0.5, 0.6) is 0 Å². The van der Waals surface area contributed by atoms with Crippen LogP contribution in [0.1, 0.15) is 20.8 Å². The Morgan fingerprint density at radius 1 is 0.842 bits per heavy atom. The molecule has 0 aromatic heterocycles. The molecule has 0 amide bonds. The van der Waals surface area contributed by atoms with E-state index in [4.69, 9.17) is 13.3 Å². The predicted molar refractivity (Wildman–Crippen MR) is 87.0 cm³/mol. The van der Waals surface area contributed by atoms with Gasteiger partial charge in [0.15, 0.2) is 0 Å². The Bertz CT molecular complexity index is 290. The zero-order valence-electron chi connectivity index (χ0n) is 12.9. The molecule has 0 aliphatic rings. The molecule has 0 fully saturated rings. The van der Waals surface area contributed by atoms with E-state index in [2.05, 4.69) is 13.1 Å². The zero-order chi connectivity index (χ0) is 14.6. The maximum Gasteiger partial charge on any atom is 0.537 e. The maximum atomic E-state index is 5.79. The first-order chi connectivity index (χ1) is 9.20. The molecule has 1 aromatic rings. The van der Waals surface area contributed by atoms with E-state index >= 15 is 0 Å². The monoisotopic (exact) mass is 300 g/mol. The molecule has 1 aromatic carbocycles. The van der Waals surface area contributed by atoms with E-state index in [0.29, 0.717) is 29.3 Å². The Balaban J connectivity index is 0.000000982. The second-order valence-corrected chi connectivity index (χ2v) is 7.90. The lowest BCUT2D eigenvalue weighted by Crippen LogP contribution is -2.56. The van der Waals surface area contributed by atoms with Gasteiger partial charge in [-0.25, -0.2) is 0 Å². The van der Waals surface area contributed by atoms with Crippen LogP contribution in [0.2, 0.25) is 13.1 Å². The van der Waals surface area contributed by atoms with Crippen molar-refractivity contribution >= 4 is 23.5 Å². The number of hydrogen-bond acceptors (Lipinski definition) is 3. The highest BCUT2D eigenvalue weighted by atomic mass is 28.4. The Hall–Kier alpha value is -0.466. The van der Waals surface area contributed by atoms with Gasteiger partial charge in [-0.1, -0.05) is 43.4 Å². The highest BCUT2D eigenvalue weighted by Crippen LogP contribution is 2.10. The minimum absolute atomic E-state index is 0.417. The Kier molecular flexibility index (Phi) is 11.1. The first-order valence-electron chi connectivity index (χ1n) is 7.17. The molecule has 110 valence electrons. The fraction of sp³-hybridized carbons (Fsp3) is 0.571. The summed E-state index contributed by atoms with van der Waals surface area (Å²) in [5.41, 5.74) is 0. The molecule has 0 unspecified atom stereocenters. The van der Waals surface area contributed by atoms with Crippen LogP contribution in [0.25, 0.3) is 0 Å². The standard InChI is InChI=1S/C12H20O3Si.C2H8Si/c1-4-13-16(14-5-2,15-6-3)12-10-8-7-9-11-12;1-3-2/h7-11H,4-6H2,1-3H3;3H2,1-2H3. The first-order valence-corrected chi connectivity index (χ1v) is 11.7. The van der Waals surface area contributed by atoms with Crippen LogP contribution in [0, 0.1) is 0 Å². The normalized spacial score (nSPS) is 10.8. The molecule has 19 heavy (non-hydrogen) atoms. The molecular formula is C14H28O3Si2. The van der Waals surface area contributed by atoms with Gasteiger partial charge in [0.05, 0.1) is 0 Å². The second kappa shape index (κ2) is 11.4. The molecule has 0 heterocycles. The van der Waals surface area contributed by atoms with Crippen molar-refractivity contribution in [3.8, 4) is 0 Å². The Morgan fingerprint density at radius 2 is 1.21 bits per heavy atom. The van der Waals surface area contributed by atoms with E-state index in [0.717, 1.165) is 5.19 Å². The topological polar surface area (TPSA) is 27.7 Å². The van der Waals surface area contributed by atoms with Crippen molar-refractivity contribution in [2.75, 3.05) is 19.8 Å². The van der Waals surface area contributed by atoms with Gasteiger partial charge in [0.25, 0.3) is 0 Å². The van der Waals surface area contributed by atoms with E-state index in [9.17, 15) is 0 Å². The summed E-state index contributed by atoms with van der Waals surface area (Å²) in [5, 5.41) is 1.03. The minimum Gasteiger partial charge on any atom is -0.370 e. The highest BCUT2D eigenvalue weighted by Gasteiger charge is 2.42. The van der Waals surface area contributed by atoms with Gasteiger partial charge in [-0.3, -0.25) is 0 Å². The molecule has 3 nitrogen and oxygen atoms in total. The summed E-state index contributed by atoms with van der Waals surface area (Å²) in [7, 11) is -2.25. The minimum atomic E-state index is -2.67. The molecular weight excluding hydrogens is 272 g/mol. The SMILES string of the molecule is CCO[Si](OCC)(OCC)c1ccccc1.C[SiH2]C. The summed E-state index contributed by atoms with van der Waals surface area (Å²) < 4.78 is 17.4. The Morgan fingerprint density at radius 3 is 1.53 bits per heavy atom. The third kappa shape index (κ3) is 6.49. The largest absolute Gasteiger partial charge is 0.537 e. The average molecular weight is 301 g/mol. The lowest BCUT2D eigenvalue weighted by molar-refractivity contribution is 0.0859. The van der Waals surface area contributed by atoms with Gasteiger partial charge in [0.2, 0.25) is 0 Å². The maximum absolute atomic E-state index is 5.79. The van der Waals surface area contributed by atoms with E-state index in [-0.39, 0.29) is 0 Å². The van der Waals surface area contributed by atoms with Crippen LogP contribution in [0.15, 0.2) is 30.3 Å². The van der Waals surface area contributed by atoms with Gasteiger partial charge >= 0.3 is 8.80 Å². The van der Waals surface area contributed by atoms with Crippen molar-refractivity contribution < 1.29 is 13.3 Å². The quantitative estimate of drug-likeness (QED) is 0.723. The molecule has 5 heteroatoms. The van der Waals surface area contributed by atoms with Crippen LogP contribution in [-0.2, 0) is 13.3 Å². The molecule has 0 spiro atoms. The summed E-state index contributed by atoms with van der Waals surface area (Å²) >= 11 is 0. The van der Waals surface area contributed by atoms with Crippen molar-refractivity contribution in [2.24, 2.45) is 0 Å². The summed E-state index contributed by atoms with van der Waals surface area (Å²) in [4.78, 5) is 0. The van der Waals surface area contributed by atoms with Crippen molar-refractivity contribution in [3.63, 3.8) is 0 Å². The van der Waals surface area contributed by atoms with Gasteiger partial charge in [-0.2, -0.15) is 0 Å². The van der Waals surface area contributed by atoms with Crippen LogP contribution < -0.4 is 5.19 Å². The fourth-order valence-corrected chi connectivity index (χ4v) is 4.08. The van der Waals surface area contributed by atoms with Crippen molar-refractivity contribution in [1.29, 1.82) is 0 Å². The van der Waals surface area contributed by atoms with E-state index in [1.807, 2.05) is 51.1 Å². The summed E-state index contributed by atoms with van der Waals surface area (Å²) in [6, 6.07) is 9.95. The molecule has 0 aliphatic carbocycles. The molecule has 1 rings (SSSR count). The van der Waals surface area contributed by atoms with Gasteiger partial charge in [-0.05, 0) is 20.8 Å². The number of benzene rings is 1. The third-order valence-electron chi connectivity index (χ3n) is 2.13. The number of rotatable bonds is 7. The summed E-state index contributed by atoms with van der Waals surface area (Å²) in [5.74, 6) is 0. The smallest absolute Gasteiger partial charge is 0.370 e. The van der Waals surface area contributed by atoms with Crippen LogP contribution in [-0.4, -0.2) is 38.1 Å². The molecule has 0 bridgehead atoms. The van der Waals surface area contributed by atoms with Crippen LogP contribution in [0.3, 0.4) is 0 Å². The molecule has 0 radical (unpaired) electrons. The first kappa shape index (κ1) is 18.5. The van der Waals surface area contributed by atoms with E-state index in [1.165, 1.54) is 0 Å². The zero-order valence-corrected chi connectivity index (χ0v) is 15.4. The van der Waals surface area contributed by atoms with Crippen molar-refractivity contribution in [2.45, 2.75) is 33.9 Å². The third-order valence-corrected chi connectivity index (χ3v) is 5.18. The van der Waals surface area contributed by atoms with Crippen molar-refractivity contribution in [1.82, 2.24) is 0 Å². The fourth-order valence-electron chi connectivity index (χ4n) is 1.59. The van der Waals surface area contributed by atoms with E-state index < -0.39 is 8.80 Å². The number of hydrogen-bond donors (Lipinski definition) is 0. The molecule has 0 N–H and O–H groups in total. The van der Waals surface area contributed by atoms with Crippen molar-refractivity contribution in [3.05, 3.63) is 30.3 Å². The molecule has 0 saturated carbocycles. The molecule has 0 aliphatic heterocycles. The summed E-state index contributed by atoms with van der Waals surface area (Å²) in [6.45, 7) is 12.2. The van der Waals surface area contributed by atoms with Gasteiger partial charge < -0.3 is 13.3 Å². The predicted octanol–water partition coefficient (Wildman–Crippen LogP) is 2.19. The van der Waals surface area contributed by atoms with Crippen LogP contribution >= 0.6 is 0 Å².